The smallest absolute Gasteiger partial charge is 0.335 e. The summed E-state index contributed by atoms with van der Waals surface area (Å²) in [6.45, 7) is 3.86. The zero-order valence-corrected chi connectivity index (χ0v) is 15.9. The van der Waals surface area contributed by atoms with E-state index in [1.807, 2.05) is 19.9 Å². The maximum atomic E-state index is 12.3. The summed E-state index contributed by atoms with van der Waals surface area (Å²) >= 11 is 11.2. The van der Waals surface area contributed by atoms with Crippen molar-refractivity contribution in [2.24, 2.45) is 0 Å². The summed E-state index contributed by atoms with van der Waals surface area (Å²) in [5, 5.41) is 14.5. The van der Waals surface area contributed by atoms with Gasteiger partial charge in [-0.3, -0.25) is 10.1 Å². The van der Waals surface area contributed by atoms with Gasteiger partial charge in [-0.05, 0) is 61.5 Å². The van der Waals surface area contributed by atoms with E-state index in [1.54, 1.807) is 12.1 Å². The summed E-state index contributed by atoms with van der Waals surface area (Å²) in [5.41, 5.74) is 2.72. The SMILES string of the molecule is COc1c(Cl)cc(C(=O)O)cc1NC(=S)NC(=O)c1ccc(C)c(C)c1. The third kappa shape index (κ3) is 4.50. The highest BCUT2D eigenvalue weighted by Crippen LogP contribution is 2.34. The van der Waals surface area contributed by atoms with Gasteiger partial charge in [0.25, 0.3) is 5.91 Å². The Kier molecular flexibility index (Phi) is 6.18. The van der Waals surface area contributed by atoms with Gasteiger partial charge in [0.15, 0.2) is 10.9 Å². The number of methoxy groups -OCH3 is 1. The lowest BCUT2D eigenvalue weighted by Crippen LogP contribution is -2.34. The van der Waals surface area contributed by atoms with E-state index >= 15 is 0 Å². The highest BCUT2D eigenvalue weighted by Gasteiger charge is 2.16. The Morgan fingerprint density at radius 2 is 1.81 bits per heavy atom. The lowest BCUT2D eigenvalue weighted by atomic mass is 10.1. The Labute approximate surface area is 161 Å². The number of halogens is 1. The van der Waals surface area contributed by atoms with Crippen LogP contribution in [-0.4, -0.2) is 29.2 Å². The molecule has 0 spiro atoms. The van der Waals surface area contributed by atoms with E-state index in [1.165, 1.54) is 19.2 Å². The van der Waals surface area contributed by atoms with Crippen molar-refractivity contribution in [3.63, 3.8) is 0 Å². The van der Waals surface area contributed by atoms with Crippen LogP contribution in [0.4, 0.5) is 5.69 Å². The molecule has 1 amide bonds. The Morgan fingerprint density at radius 3 is 2.38 bits per heavy atom. The van der Waals surface area contributed by atoms with Crippen LogP contribution in [0.3, 0.4) is 0 Å². The number of aromatic carboxylic acids is 1. The van der Waals surface area contributed by atoms with Gasteiger partial charge in [0, 0.05) is 5.56 Å². The third-order valence-electron chi connectivity index (χ3n) is 3.74. The van der Waals surface area contributed by atoms with E-state index in [9.17, 15) is 9.59 Å². The molecule has 0 aliphatic rings. The van der Waals surface area contributed by atoms with Crippen LogP contribution in [0.1, 0.15) is 31.8 Å². The summed E-state index contributed by atoms with van der Waals surface area (Å²) in [5.74, 6) is -1.31. The molecule has 0 atom stereocenters. The minimum Gasteiger partial charge on any atom is -0.493 e. The number of aryl methyl sites for hydroxylation is 2. The summed E-state index contributed by atoms with van der Waals surface area (Å²) in [7, 11) is 1.39. The van der Waals surface area contributed by atoms with Gasteiger partial charge in [-0.1, -0.05) is 17.7 Å². The second-order valence-corrected chi connectivity index (χ2v) is 6.37. The quantitative estimate of drug-likeness (QED) is 0.686. The molecule has 0 aromatic heterocycles. The monoisotopic (exact) mass is 392 g/mol. The fourth-order valence-electron chi connectivity index (χ4n) is 2.23. The molecule has 0 bridgehead atoms. The number of anilines is 1. The predicted octanol–water partition coefficient (Wildman–Crippen LogP) is 3.79. The zero-order chi connectivity index (χ0) is 19.4. The van der Waals surface area contributed by atoms with Gasteiger partial charge in [0.05, 0.1) is 23.4 Å². The van der Waals surface area contributed by atoms with Crippen molar-refractivity contribution < 1.29 is 19.4 Å². The highest BCUT2D eigenvalue weighted by molar-refractivity contribution is 7.80. The number of carboxylic acids is 1. The van der Waals surface area contributed by atoms with Gasteiger partial charge in [0.2, 0.25) is 0 Å². The van der Waals surface area contributed by atoms with Crippen molar-refractivity contribution in [3.8, 4) is 5.75 Å². The van der Waals surface area contributed by atoms with Gasteiger partial charge in [0.1, 0.15) is 0 Å². The average Bonchev–Trinajstić information content (AvgIpc) is 2.56. The summed E-state index contributed by atoms with van der Waals surface area (Å²) < 4.78 is 5.17. The van der Waals surface area contributed by atoms with E-state index in [4.69, 9.17) is 33.7 Å². The Balaban J connectivity index is 2.20. The van der Waals surface area contributed by atoms with Crippen LogP contribution in [0, 0.1) is 13.8 Å². The summed E-state index contributed by atoms with van der Waals surface area (Å²) in [4.78, 5) is 23.5. The Bertz CT molecular complexity index is 899. The second-order valence-electron chi connectivity index (χ2n) is 5.55. The third-order valence-corrected chi connectivity index (χ3v) is 4.22. The number of nitrogens with one attached hydrogen (secondary N) is 2. The van der Waals surface area contributed by atoms with Gasteiger partial charge < -0.3 is 15.2 Å². The molecule has 8 heteroatoms. The van der Waals surface area contributed by atoms with Gasteiger partial charge in [-0.2, -0.15) is 0 Å². The van der Waals surface area contributed by atoms with Crippen molar-refractivity contribution in [2.75, 3.05) is 12.4 Å². The molecule has 0 saturated heterocycles. The number of hydrogen-bond acceptors (Lipinski definition) is 4. The standard InChI is InChI=1S/C18H17ClN2O4S/c1-9-4-5-11(6-10(9)2)16(22)21-18(26)20-14-8-12(17(23)24)7-13(19)15(14)25-3/h4-8H,1-3H3,(H,23,24)(H2,20,21,22,26). The van der Waals surface area contributed by atoms with Crippen LogP contribution in [-0.2, 0) is 0 Å². The van der Waals surface area contributed by atoms with E-state index in [0.717, 1.165) is 11.1 Å². The number of thiocarbonyl (C=S) groups is 1. The molecule has 136 valence electrons. The molecular weight excluding hydrogens is 376 g/mol. The van der Waals surface area contributed by atoms with Crippen molar-refractivity contribution in [1.82, 2.24) is 5.32 Å². The second kappa shape index (κ2) is 8.16. The molecule has 0 unspecified atom stereocenters. The van der Waals surface area contributed by atoms with Crippen molar-refractivity contribution in [2.45, 2.75) is 13.8 Å². The average molecular weight is 393 g/mol. The van der Waals surface area contributed by atoms with Crippen molar-refractivity contribution >= 4 is 46.5 Å². The molecule has 2 aromatic rings. The van der Waals surface area contributed by atoms with Crippen molar-refractivity contribution in [3.05, 3.63) is 57.6 Å². The van der Waals surface area contributed by atoms with Crippen molar-refractivity contribution in [1.29, 1.82) is 0 Å². The van der Waals surface area contributed by atoms with Crippen LogP contribution >= 0.6 is 23.8 Å². The molecular formula is C18H17ClN2O4S. The summed E-state index contributed by atoms with van der Waals surface area (Å²) in [6.07, 6.45) is 0. The van der Waals surface area contributed by atoms with Gasteiger partial charge in [-0.25, -0.2) is 4.79 Å². The number of carboxylic acid groups (broad SMARTS) is 1. The normalized spacial score (nSPS) is 10.2. The maximum Gasteiger partial charge on any atom is 0.335 e. The Hall–Kier alpha value is -2.64. The van der Waals surface area contributed by atoms with Gasteiger partial charge in [-0.15, -0.1) is 0 Å². The number of carbonyl (C=O) groups excluding carboxylic acids is 1. The van der Waals surface area contributed by atoms with E-state index < -0.39 is 5.97 Å². The highest BCUT2D eigenvalue weighted by atomic mass is 35.5. The molecule has 0 fully saturated rings. The predicted molar refractivity (Wildman–Crippen MR) is 105 cm³/mol. The van der Waals surface area contributed by atoms with Gasteiger partial charge >= 0.3 is 5.97 Å². The molecule has 0 aliphatic heterocycles. The molecule has 0 radical (unpaired) electrons. The number of rotatable bonds is 4. The molecule has 2 aromatic carbocycles. The lowest BCUT2D eigenvalue weighted by Gasteiger charge is -2.15. The molecule has 26 heavy (non-hydrogen) atoms. The van der Waals surface area contributed by atoms with E-state index in [0.29, 0.717) is 5.56 Å². The molecule has 0 heterocycles. The molecule has 0 aliphatic carbocycles. The maximum absolute atomic E-state index is 12.3. The first-order valence-electron chi connectivity index (χ1n) is 7.53. The number of amides is 1. The largest absolute Gasteiger partial charge is 0.493 e. The van der Waals surface area contributed by atoms with E-state index in [-0.39, 0.29) is 33.0 Å². The molecule has 0 saturated carbocycles. The molecule has 6 nitrogen and oxygen atoms in total. The first kappa shape index (κ1) is 19.7. The zero-order valence-electron chi connectivity index (χ0n) is 14.3. The first-order valence-corrected chi connectivity index (χ1v) is 8.32. The topological polar surface area (TPSA) is 87.7 Å². The van der Waals surface area contributed by atoms with Crippen LogP contribution in [0.2, 0.25) is 5.02 Å². The van der Waals surface area contributed by atoms with E-state index in [2.05, 4.69) is 10.6 Å². The van der Waals surface area contributed by atoms with Crippen LogP contribution in [0.15, 0.2) is 30.3 Å². The number of hydrogen-bond donors (Lipinski definition) is 3. The fraction of sp³-hybridized carbons (Fsp3) is 0.167. The first-order chi connectivity index (χ1) is 12.2. The minimum absolute atomic E-state index is 0.00914. The lowest BCUT2D eigenvalue weighted by molar-refractivity contribution is 0.0696. The van der Waals surface area contributed by atoms with Crippen LogP contribution < -0.4 is 15.4 Å². The number of benzene rings is 2. The number of carbonyl (C=O) groups is 2. The number of ether oxygens (including phenoxy) is 1. The van der Waals surface area contributed by atoms with Crippen LogP contribution in [0.5, 0.6) is 5.75 Å². The summed E-state index contributed by atoms with van der Waals surface area (Å²) in [6, 6.07) is 7.89. The minimum atomic E-state index is -1.15. The Morgan fingerprint density at radius 1 is 1.12 bits per heavy atom. The molecule has 3 N–H and O–H groups in total. The molecule has 2 rings (SSSR count). The van der Waals surface area contributed by atoms with Crippen LogP contribution in [0.25, 0.3) is 0 Å². The fourth-order valence-corrected chi connectivity index (χ4v) is 2.73.